The van der Waals surface area contributed by atoms with E-state index in [1.807, 2.05) is 12.1 Å². The molecular formula is C27H37BrN6O7. The van der Waals surface area contributed by atoms with Crippen LogP contribution in [-0.4, -0.2) is 78.9 Å². The third-order valence-corrected chi connectivity index (χ3v) is 6.72. The summed E-state index contributed by atoms with van der Waals surface area (Å²) in [5.41, 5.74) is 6.68. The molecule has 0 saturated heterocycles. The first-order chi connectivity index (χ1) is 19.5. The van der Waals surface area contributed by atoms with Crippen molar-refractivity contribution in [3.63, 3.8) is 0 Å². The van der Waals surface area contributed by atoms with Crippen molar-refractivity contribution < 1.29 is 33.5 Å². The van der Waals surface area contributed by atoms with Crippen molar-refractivity contribution in [3.8, 4) is 0 Å². The quantitative estimate of drug-likeness (QED) is 0.0954. The van der Waals surface area contributed by atoms with Crippen LogP contribution in [0.5, 0.6) is 0 Å². The number of nitrogens with one attached hydrogen (secondary N) is 4. The number of ether oxygens (including phenoxy) is 1. The summed E-state index contributed by atoms with van der Waals surface area (Å²) in [6, 6.07) is 4.64. The number of nitrogens with zero attached hydrogens (tertiary/aromatic N) is 1. The topological polar surface area (TPSA) is 189 Å². The molecule has 0 radical (unpaired) electrons. The molecule has 2 rings (SSSR count). The minimum atomic E-state index is -0.944. The molecule has 2 atom stereocenters. The smallest absolute Gasteiger partial charge is 0.312 e. The van der Waals surface area contributed by atoms with Gasteiger partial charge < -0.3 is 31.7 Å². The minimum absolute atomic E-state index is 0.0215. The monoisotopic (exact) mass is 636 g/mol. The van der Waals surface area contributed by atoms with Crippen molar-refractivity contribution in [1.29, 1.82) is 0 Å². The number of rotatable bonds is 17. The van der Waals surface area contributed by atoms with Crippen molar-refractivity contribution in [2.45, 2.75) is 50.5 Å². The predicted octanol–water partition coefficient (Wildman–Crippen LogP) is 0.926. The Morgan fingerprint density at radius 3 is 2.22 bits per heavy atom. The van der Waals surface area contributed by atoms with Crippen molar-refractivity contribution >= 4 is 57.2 Å². The van der Waals surface area contributed by atoms with Crippen LogP contribution in [0.15, 0.2) is 36.4 Å². The van der Waals surface area contributed by atoms with E-state index in [-0.39, 0.29) is 45.1 Å². The third kappa shape index (κ3) is 11.7. The molecule has 0 bridgehead atoms. The highest BCUT2D eigenvalue weighted by Gasteiger charge is 2.29. The summed E-state index contributed by atoms with van der Waals surface area (Å²) in [6.07, 6.45) is 2.89. The van der Waals surface area contributed by atoms with Crippen LogP contribution in [0.1, 0.15) is 38.7 Å². The lowest BCUT2D eigenvalue weighted by molar-refractivity contribution is -0.138. The van der Waals surface area contributed by atoms with Crippen LogP contribution in [-0.2, 0) is 34.0 Å². The molecule has 0 spiro atoms. The molecule has 1 aliphatic heterocycles. The van der Waals surface area contributed by atoms with Gasteiger partial charge in [-0.05, 0) is 36.5 Å². The molecular weight excluding hydrogens is 600 g/mol. The van der Waals surface area contributed by atoms with Gasteiger partial charge in [0.2, 0.25) is 17.7 Å². The average molecular weight is 638 g/mol. The Morgan fingerprint density at radius 2 is 1.63 bits per heavy atom. The summed E-state index contributed by atoms with van der Waals surface area (Å²) in [7, 11) is 0. The van der Waals surface area contributed by atoms with Gasteiger partial charge in [-0.3, -0.25) is 28.9 Å². The summed E-state index contributed by atoms with van der Waals surface area (Å²) in [6.45, 7) is 3.90. The molecule has 1 unspecified atom stereocenters. The third-order valence-electron chi connectivity index (χ3n) is 6.08. The molecule has 1 aromatic carbocycles. The molecule has 224 valence electrons. The number of carbonyl (C=O) groups excluding carboxylic acids is 6. The number of anilines is 1. The summed E-state index contributed by atoms with van der Waals surface area (Å²) >= 11 is 3.37. The molecule has 0 aromatic heterocycles. The number of benzene rings is 1. The summed E-state index contributed by atoms with van der Waals surface area (Å²) in [4.78, 5) is 73.9. The number of nitrogens with two attached hydrogens (primary N) is 1. The van der Waals surface area contributed by atoms with Crippen LogP contribution in [0.2, 0.25) is 0 Å². The Balaban J connectivity index is 1.92. The van der Waals surface area contributed by atoms with Crippen LogP contribution in [0.3, 0.4) is 0 Å². The number of hydrogen-bond donors (Lipinski definition) is 5. The van der Waals surface area contributed by atoms with Crippen molar-refractivity contribution in [1.82, 2.24) is 20.9 Å². The fourth-order valence-electron chi connectivity index (χ4n) is 3.81. The number of alkyl halides is 1. The molecule has 41 heavy (non-hydrogen) atoms. The summed E-state index contributed by atoms with van der Waals surface area (Å²) in [5.74, 6) is -2.54. The molecule has 0 aliphatic carbocycles. The number of primary amides is 1. The largest absolute Gasteiger partial charge is 0.379 e. The second-order valence-corrected chi connectivity index (χ2v) is 10.2. The highest BCUT2D eigenvalue weighted by atomic mass is 79.9. The van der Waals surface area contributed by atoms with Crippen LogP contribution >= 0.6 is 15.9 Å². The number of amides is 7. The van der Waals surface area contributed by atoms with Gasteiger partial charge in [-0.1, -0.05) is 41.9 Å². The number of halogens is 1. The molecule has 1 aliphatic rings. The molecule has 0 saturated carbocycles. The first-order valence-corrected chi connectivity index (χ1v) is 14.3. The second-order valence-electron chi connectivity index (χ2n) is 9.63. The van der Waals surface area contributed by atoms with E-state index in [1.165, 1.54) is 12.2 Å². The van der Waals surface area contributed by atoms with Gasteiger partial charge in [0, 0.05) is 36.1 Å². The van der Waals surface area contributed by atoms with Crippen molar-refractivity contribution in [3.05, 3.63) is 42.0 Å². The molecule has 7 amide bonds. The van der Waals surface area contributed by atoms with Crippen LogP contribution in [0, 0.1) is 5.92 Å². The van der Waals surface area contributed by atoms with Gasteiger partial charge in [-0.25, -0.2) is 4.79 Å². The van der Waals surface area contributed by atoms with E-state index in [4.69, 9.17) is 10.5 Å². The van der Waals surface area contributed by atoms with Crippen LogP contribution in [0.4, 0.5) is 10.5 Å². The lowest BCUT2D eigenvalue weighted by Gasteiger charge is -2.25. The van der Waals surface area contributed by atoms with Crippen molar-refractivity contribution in [2.75, 3.05) is 31.6 Å². The van der Waals surface area contributed by atoms with Gasteiger partial charge in [-0.15, -0.1) is 0 Å². The van der Waals surface area contributed by atoms with Gasteiger partial charge >= 0.3 is 6.03 Å². The second kappa shape index (κ2) is 17.1. The zero-order valence-electron chi connectivity index (χ0n) is 23.1. The lowest BCUT2D eigenvalue weighted by atomic mass is 10.0. The van der Waals surface area contributed by atoms with E-state index < -0.39 is 47.7 Å². The van der Waals surface area contributed by atoms with E-state index in [1.54, 1.807) is 26.0 Å². The number of imide groups is 1. The average Bonchev–Trinajstić information content (AvgIpc) is 3.25. The van der Waals surface area contributed by atoms with E-state index in [0.29, 0.717) is 17.4 Å². The van der Waals surface area contributed by atoms with Gasteiger partial charge in [-0.2, -0.15) is 0 Å². The first-order valence-electron chi connectivity index (χ1n) is 13.2. The van der Waals surface area contributed by atoms with E-state index >= 15 is 0 Å². The van der Waals surface area contributed by atoms with Gasteiger partial charge in [0.25, 0.3) is 11.8 Å². The van der Waals surface area contributed by atoms with Crippen molar-refractivity contribution in [2.24, 2.45) is 11.7 Å². The fraction of sp³-hybridized carbons (Fsp3) is 0.481. The van der Waals surface area contributed by atoms with E-state index in [0.717, 1.165) is 10.5 Å². The van der Waals surface area contributed by atoms with Crippen LogP contribution in [0.25, 0.3) is 0 Å². The van der Waals surface area contributed by atoms with Crippen LogP contribution < -0.4 is 27.0 Å². The molecule has 13 nitrogen and oxygen atoms in total. The minimum Gasteiger partial charge on any atom is -0.379 e. The lowest BCUT2D eigenvalue weighted by Crippen LogP contribution is -2.54. The Kier molecular flexibility index (Phi) is 14.0. The Hall–Kier alpha value is -3.78. The Labute approximate surface area is 247 Å². The van der Waals surface area contributed by atoms with Gasteiger partial charge in [0.05, 0.1) is 19.8 Å². The maximum Gasteiger partial charge on any atom is 0.312 e. The highest BCUT2D eigenvalue weighted by molar-refractivity contribution is 9.08. The SMILES string of the molecule is CC(C)[C@H](NC(=O)CCOCCN1C(=O)C=CC1=O)C(=O)NC(CCCNC(N)=O)C(=O)Nc1ccc(CBr)cc1. The van der Waals surface area contributed by atoms with Gasteiger partial charge in [0.1, 0.15) is 12.1 Å². The first kappa shape index (κ1) is 33.4. The standard InChI is InChI=1S/C27H37BrN6O7/c1-17(2)24(33-21(35)11-14-41-15-13-34-22(36)9-10-23(34)37)26(39)32-20(4-3-12-30-27(29)40)25(38)31-19-7-5-18(16-28)6-8-19/h5-10,17,20,24H,3-4,11-16H2,1-2H3,(H,31,38)(H,32,39)(H,33,35)(H3,29,30,40)/t20?,24-/m0/s1. The summed E-state index contributed by atoms with van der Waals surface area (Å²) < 4.78 is 5.37. The number of hydrogen-bond acceptors (Lipinski definition) is 7. The van der Waals surface area contributed by atoms with E-state index in [9.17, 15) is 28.8 Å². The normalized spacial score (nSPS) is 14.1. The maximum absolute atomic E-state index is 13.2. The maximum atomic E-state index is 13.2. The zero-order chi connectivity index (χ0) is 30.4. The molecule has 6 N–H and O–H groups in total. The predicted molar refractivity (Wildman–Crippen MR) is 155 cm³/mol. The van der Waals surface area contributed by atoms with E-state index in [2.05, 4.69) is 37.2 Å². The Morgan fingerprint density at radius 1 is 0.976 bits per heavy atom. The Bertz CT molecular complexity index is 1110. The molecule has 14 heteroatoms. The fourth-order valence-corrected chi connectivity index (χ4v) is 4.18. The number of urea groups is 1. The number of carbonyl (C=O) groups is 6. The molecule has 0 fully saturated rings. The molecule has 1 heterocycles. The summed E-state index contributed by atoms with van der Waals surface area (Å²) in [5, 5.41) is 11.3. The highest BCUT2D eigenvalue weighted by Crippen LogP contribution is 2.13. The zero-order valence-corrected chi connectivity index (χ0v) is 24.7. The molecule has 1 aromatic rings. The van der Waals surface area contributed by atoms with Gasteiger partial charge in [0.15, 0.2) is 0 Å².